The first kappa shape index (κ1) is 29.4. The first-order valence-electron chi connectivity index (χ1n) is 13.9. The van der Waals surface area contributed by atoms with Gasteiger partial charge in [0.05, 0.1) is 18.4 Å². The van der Waals surface area contributed by atoms with Crippen LogP contribution in [-0.4, -0.2) is 18.2 Å². The number of carbonyl (C=O) groups is 1. The second-order valence-electron chi connectivity index (χ2n) is 10.3. The van der Waals surface area contributed by atoms with E-state index in [1.165, 1.54) is 12.1 Å². The number of alkyl halides is 3. The fourth-order valence-corrected chi connectivity index (χ4v) is 5.29. The molecule has 226 valence electrons. The first-order chi connectivity index (χ1) is 21.6. The van der Waals surface area contributed by atoms with E-state index in [4.69, 9.17) is 19.9 Å². The van der Waals surface area contributed by atoms with E-state index in [-0.39, 0.29) is 29.2 Å². The quantitative estimate of drug-likeness (QED) is 0.107. The summed E-state index contributed by atoms with van der Waals surface area (Å²) in [5, 5.41) is 14.3. The van der Waals surface area contributed by atoms with Gasteiger partial charge in [0.15, 0.2) is 0 Å². The number of rotatable bonds is 7. The zero-order valence-corrected chi connectivity index (χ0v) is 23.9. The third-order valence-electron chi connectivity index (χ3n) is 7.44. The molecule has 0 fully saturated rings. The molecular formula is C36H26F3NO5. The molecule has 0 aromatic heterocycles. The zero-order valence-electron chi connectivity index (χ0n) is 23.9. The number of halogens is 3. The molecule has 9 heteroatoms. The minimum atomic E-state index is -4.63. The Morgan fingerprint density at radius 2 is 1.42 bits per heavy atom. The van der Waals surface area contributed by atoms with E-state index in [1.807, 2.05) is 48.5 Å². The van der Waals surface area contributed by atoms with Gasteiger partial charge in [-0.1, -0.05) is 66.7 Å². The van der Waals surface area contributed by atoms with Gasteiger partial charge in [0.2, 0.25) is 0 Å². The maximum Gasteiger partial charge on any atom is 0.416 e. The van der Waals surface area contributed by atoms with Crippen LogP contribution in [0.1, 0.15) is 21.5 Å². The fraction of sp³-hybridized carbons (Fsp3) is 0.0833. The van der Waals surface area contributed by atoms with E-state index in [9.17, 15) is 23.1 Å². The maximum absolute atomic E-state index is 13.4. The number of hydrogen-bond donors (Lipinski definition) is 2. The average Bonchev–Trinajstić information content (AvgIpc) is 3.04. The van der Waals surface area contributed by atoms with Crippen molar-refractivity contribution in [2.45, 2.75) is 12.8 Å². The number of nitrogen functional groups attached to an aromatic ring is 1. The Hall–Kier alpha value is -5.70. The molecule has 6 rings (SSSR count). The lowest BCUT2D eigenvalue weighted by Crippen LogP contribution is -2.11. The molecule has 0 aliphatic rings. The first-order valence-corrected chi connectivity index (χ1v) is 13.9. The molecule has 0 heterocycles. The summed E-state index contributed by atoms with van der Waals surface area (Å²) >= 11 is 0. The van der Waals surface area contributed by atoms with E-state index >= 15 is 0 Å². The third kappa shape index (κ3) is 5.80. The van der Waals surface area contributed by atoms with Crippen LogP contribution in [0.4, 0.5) is 18.9 Å². The monoisotopic (exact) mass is 609 g/mol. The normalized spacial score (nSPS) is 11.5. The second kappa shape index (κ2) is 11.8. The lowest BCUT2D eigenvalue weighted by atomic mass is 9.89. The van der Waals surface area contributed by atoms with Crippen molar-refractivity contribution in [2.24, 2.45) is 0 Å². The highest BCUT2D eigenvalue weighted by Gasteiger charge is 2.31. The van der Waals surface area contributed by atoms with Crippen molar-refractivity contribution < 1.29 is 37.3 Å². The van der Waals surface area contributed by atoms with Crippen LogP contribution in [0.15, 0.2) is 109 Å². The molecule has 6 aromatic rings. The van der Waals surface area contributed by atoms with Crippen LogP contribution in [0.3, 0.4) is 0 Å². The SMILES string of the molecule is COc1cccc(COc2cc3ccccc3c(-c3c(O)c(C(=O)Oc4cccc(C(F)(F)F)c4)cc4ccccc34)c2N)c1. The number of fused-ring (bicyclic) bond motifs is 2. The van der Waals surface area contributed by atoms with Crippen LogP contribution in [0.25, 0.3) is 32.7 Å². The molecule has 0 amide bonds. The average molecular weight is 610 g/mol. The topological polar surface area (TPSA) is 91.0 Å². The minimum absolute atomic E-state index is 0.176. The maximum atomic E-state index is 13.4. The number of methoxy groups -OCH3 is 1. The largest absolute Gasteiger partial charge is 0.506 e. The highest BCUT2D eigenvalue weighted by Crippen LogP contribution is 2.48. The summed E-state index contributed by atoms with van der Waals surface area (Å²) in [7, 11) is 1.58. The molecule has 6 nitrogen and oxygen atoms in total. The Kier molecular flexibility index (Phi) is 7.68. The van der Waals surface area contributed by atoms with Gasteiger partial charge in [0.25, 0.3) is 0 Å². The molecule has 3 N–H and O–H groups in total. The van der Waals surface area contributed by atoms with Crippen molar-refractivity contribution >= 4 is 33.2 Å². The van der Waals surface area contributed by atoms with Crippen molar-refractivity contribution in [1.82, 2.24) is 0 Å². The van der Waals surface area contributed by atoms with Gasteiger partial charge >= 0.3 is 12.1 Å². The van der Waals surface area contributed by atoms with Crippen molar-refractivity contribution in [2.75, 3.05) is 12.8 Å². The number of ether oxygens (including phenoxy) is 3. The Bertz CT molecular complexity index is 2070. The predicted octanol–water partition coefficient (Wildman–Crippen LogP) is 8.77. The number of carbonyl (C=O) groups excluding carboxylic acids is 1. The van der Waals surface area contributed by atoms with E-state index in [0.29, 0.717) is 33.2 Å². The molecule has 0 atom stereocenters. The Morgan fingerprint density at radius 1 is 0.778 bits per heavy atom. The van der Waals surface area contributed by atoms with Gasteiger partial charge in [0, 0.05) is 11.1 Å². The van der Waals surface area contributed by atoms with Crippen molar-refractivity contribution in [1.29, 1.82) is 0 Å². The number of phenols is 1. The smallest absolute Gasteiger partial charge is 0.416 e. The van der Waals surface area contributed by atoms with Crippen LogP contribution in [0, 0.1) is 0 Å². The standard InChI is InChI=1S/C36H26F3NO5/c1-43-25-12-6-8-21(16-25)20-44-30-18-23-10-3-4-14-27(23)31(33(30)40)32-28-15-5-2-9-22(28)17-29(34(32)41)35(42)45-26-13-7-11-24(19-26)36(37,38)39/h2-19,41H,20,40H2,1H3. The van der Waals surface area contributed by atoms with Gasteiger partial charge in [-0.05, 0) is 69.6 Å². The molecule has 0 spiro atoms. The van der Waals surface area contributed by atoms with Crippen LogP contribution < -0.4 is 19.9 Å². The highest BCUT2D eigenvalue weighted by molar-refractivity contribution is 6.15. The molecule has 6 aromatic carbocycles. The summed E-state index contributed by atoms with van der Waals surface area (Å²) in [5.74, 6) is -0.762. The zero-order chi connectivity index (χ0) is 31.7. The Labute approximate surface area is 256 Å². The van der Waals surface area contributed by atoms with E-state index < -0.39 is 23.5 Å². The summed E-state index contributed by atoms with van der Waals surface area (Å²) in [4.78, 5) is 13.4. The Balaban J connectivity index is 1.49. The van der Waals surface area contributed by atoms with Gasteiger partial charge in [0.1, 0.15) is 35.2 Å². The molecule has 0 saturated heterocycles. The Morgan fingerprint density at radius 3 is 2.13 bits per heavy atom. The summed E-state index contributed by atoms with van der Waals surface area (Å²) < 4.78 is 56.7. The van der Waals surface area contributed by atoms with Crippen LogP contribution in [0.5, 0.6) is 23.0 Å². The molecule has 0 unspecified atom stereocenters. The molecular weight excluding hydrogens is 583 g/mol. The van der Waals surface area contributed by atoms with Crippen molar-refractivity contribution in [3.8, 4) is 34.1 Å². The lowest BCUT2D eigenvalue weighted by molar-refractivity contribution is -0.137. The van der Waals surface area contributed by atoms with Crippen LogP contribution >= 0.6 is 0 Å². The number of phenolic OH excluding ortho intramolecular Hbond substituents is 1. The number of hydrogen-bond acceptors (Lipinski definition) is 6. The van der Waals surface area contributed by atoms with E-state index in [2.05, 4.69) is 0 Å². The van der Waals surface area contributed by atoms with Crippen molar-refractivity contribution in [3.05, 3.63) is 126 Å². The minimum Gasteiger partial charge on any atom is -0.506 e. The fourth-order valence-electron chi connectivity index (χ4n) is 5.29. The van der Waals surface area contributed by atoms with Gasteiger partial charge in [-0.25, -0.2) is 4.79 Å². The number of benzene rings is 6. The van der Waals surface area contributed by atoms with E-state index in [1.54, 1.807) is 37.4 Å². The summed E-state index contributed by atoms with van der Waals surface area (Å²) in [6.45, 7) is 0.176. The van der Waals surface area contributed by atoms with E-state index in [0.717, 1.165) is 29.1 Å². The summed E-state index contributed by atoms with van der Waals surface area (Å²) in [5.41, 5.74) is 7.32. The molecule has 0 saturated carbocycles. The van der Waals surface area contributed by atoms with Crippen molar-refractivity contribution in [3.63, 3.8) is 0 Å². The van der Waals surface area contributed by atoms with Gasteiger partial charge < -0.3 is 25.1 Å². The molecule has 0 aliphatic heterocycles. The number of anilines is 1. The third-order valence-corrected chi connectivity index (χ3v) is 7.44. The highest BCUT2D eigenvalue weighted by atomic mass is 19.4. The summed E-state index contributed by atoms with van der Waals surface area (Å²) in [6.07, 6.45) is -4.63. The number of esters is 1. The number of aromatic hydroxyl groups is 1. The second-order valence-corrected chi connectivity index (χ2v) is 10.3. The molecule has 0 radical (unpaired) electrons. The van der Waals surface area contributed by atoms with Gasteiger partial charge in [-0.2, -0.15) is 13.2 Å². The predicted molar refractivity (Wildman–Crippen MR) is 167 cm³/mol. The number of nitrogens with two attached hydrogens (primary N) is 1. The molecule has 45 heavy (non-hydrogen) atoms. The van der Waals surface area contributed by atoms with Crippen LogP contribution in [0.2, 0.25) is 0 Å². The molecule has 0 aliphatic carbocycles. The van der Waals surface area contributed by atoms with Gasteiger partial charge in [-0.15, -0.1) is 0 Å². The molecule has 0 bridgehead atoms. The van der Waals surface area contributed by atoms with Crippen LogP contribution in [-0.2, 0) is 12.8 Å². The summed E-state index contributed by atoms with van der Waals surface area (Å²) in [6, 6.07) is 29.1. The van der Waals surface area contributed by atoms with Gasteiger partial charge in [-0.3, -0.25) is 0 Å². The lowest BCUT2D eigenvalue weighted by Gasteiger charge is -2.20.